The summed E-state index contributed by atoms with van der Waals surface area (Å²) < 4.78 is 1.77. The Bertz CT molecular complexity index is 1090. The number of carbonyl (C=O) groups is 2. The Morgan fingerprint density at radius 3 is 2.12 bits per heavy atom. The second kappa shape index (κ2) is 6.37. The number of nitrogens with zero attached hydrogens (tertiary/aromatic N) is 3. The van der Waals surface area contributed by atoms with Crippen molar-refractivity contribution in [1.82, 2.24) is 13.9 Å². The van der Waals surface area contributed by atoms with Gasteiger partial charge in [0.1, 0.15) is 0 Å². The highest BCUT2D eigenvalue weighted by molar-refractivity contribution is 6.30. The fourth-order valence-corrected chi connectivity index (χ4v) is 2.62. The summed E-state index contributed by atoms with van der Waals surface area (Å²) in [6.07, 6.45) is 0. The standard InChI is InChI=1S/C17H12ClN3O4/c1-11(22)20-16(24)19(14-9-5-8-13(18)10-14)17(25)21(20)15(23)12-6-3-2-4-7-12/h2-10H,1H3. The number of hydrogen-bond donors (Lipinski definition) is 0. The van der Waals surface area contributed by atoms with E-state index in [2.05, 4.69) is 0 Å². The van der Waals surface area contributed by atoms with Gasteiger partial charge in [0, 0.05) is 17.5 Å². The van der Waals surface area contributed by atoms with Crippen LogP contribution in [0.4, 0.5) is 0 Å². The second-order valence-electron chi connectivity index (χ2n) is 5.19. The average molecular weight is 358 g/mol. The van der Waals surface area contributed by atoms with Crippen molar-refractivity contribution < 1.29 is 9.59 Å². The predicted octanol–water partition coefficient (Wildman–Crippen LogP) is 1.80. The van der Waals surface area contributed by atoms with E-state index < -0.39 is 23.2 Å². The van der Waals surface area contributed by atoms with E-state index in [0.717, 1.165) is 11.5 Å². The monoisotopic (exact) mass is 357 g/mol. The lowest BCUT2D eigenvalue weighted by atomic mass is 10.2. The van der Waals surface area contributed by atoms with Gasteiger partial charge in [-0.1, -0.05) is 35.9 Å². The molecule has 0 aliphatic rings. The van der Waals surface area contributed by atoms with Crippen molar-refractivity contribution >= 4 is 23.4 Å². The minimum Gasteiger partial charge on any atom is -0.273 e. The molecule has 1 heterocycles. The summed E-state index contributed by atoms with van der Waals surface area (Å²) in [5, 5.41) is 0.306. The highest BCUT2D eigenvalue weighted by Crippen LogP contribution is 2.12. The van der Waals surface area contributed by atoms with E-state index in [4.69, 9.17) is 11.6 Å². The molecule has 1 aromatic heterocycles. The zero-order valence-electron chi connectivity index (χ0n) is 13.0. The first-order valence-corrected chi connectivity index (χ1v) is 7.63. The van der Waals surface area contributed by atoms with E-state index in [1.165, 1.54) is 24.3 Å². The van der Waals surface area contributed by atoms with Crippen molar-refractivity contribution in [3.63, 3.8) is 0 Å². The lowest BCUT2D eigenvalue weighted by Crippen LogP contribution is -2.35. The zero-order chi connectivity index (χ0) is 18.1. The van der Waals surface area contributed by atoms with Crippen LogP contribution in [0.2, 0.25) is 5.02 Å². The van der Waals surface area contributed by atoms with E-state index in [1.807, 2.05) is 0 Å². The van der Waals surface area contributed by atoms with E-state index in [9.17, 15) is 19.2 Å². The molecule has 0 amide bonds. The first-order valence-electron chi connectivity index (χ1n) is 7.25. The van der Waals surface area contributed by atoms with E-state index in [0.29, 0.717) is 14.4 Å². The van der Waals surface area contributed by atoms with Crippen LogP contribution in [0.25, 0.3) is 5.69 Å². The molecule has 0 fully saturated rings. The van der Waals surface area contributed by atoms with Gasteiger partial charge in [0.05, 0.1) is 5.69 Å². The van der Waals surface area contributed by atoms with Crippen molar-refractivity contribution in [3.05, 3.63) is 86.2 Å². The third-order valence-corrected chi connectivity index (χ3v) is 3.76. The molecule has 0 radical (unpaired) electrons. The summed E-state index contributed by atoms with van der Waals surface area (Å²) in [5.74, 6) is -1.54. The van der Waals surface area contributed by atoms with Crippen LogP contribution >= 0.6 is 11.6 Å². The maximum absolute atomic E-state index is 12.7. The van der Waals surface area contributed by atoms with Crippen molar-refractivity contribution in [2.24, 2.45) is 0 Å². The van der Waals surface area contributed by atoms with Gasteiger partial charge >= 0.3 is 11.4 Å². The molecule has 25 heavy (non-hydrogen) atoms. The van der Waals surface area contributed by atoms with Gasteiger partial charge in [-0.15, -0.1) is 0 Å². The molecule has 0 N–H and O–H groups in total. The smallest absolute Gasteiger partial charge is 0.273 e. The molecule has 3 rings (SSSR count). The molecule has 0 aliphatic carbocycles. The number of carbonyl (C=O) groups excluding carboxylic acids is 2. The molecule has 0 spiro atoms. The molecule has 0 unspecified atom stereocenters. The third kappa shape index (κ3) is 2.85. The Balaban J connectivity index is 2.32. The molecule has 8 heteroatoms. The Morgan fingerprint density at radius 1 is 0.880 bits per heavy atom. The average Bonchev–Trinajstić information content (AvgIpc) is 2.85. The lowest BCUT2D eigenvalue weighted by molar-refractivity contribution is 0.0827. The van der Waals surface area contributed by atoms with Crippen molar-refractivity contribution in [2.75, 3.05) is 0 Å². The summed E-state index contributed by atoms with van der Waals surface area (Å²) in [6, 6.07) is 13.9. The van der Waals surface area contributed by atoms with Gasteiger partial charge in [0.15, 0.2) is 0 Å². The number of rotatable bonds is 2. The molecule has 0 atom stereocenters. The molecule has 0 bridgehead atoms. The van der Waals surface area contributed by atoms with Crippen LogP contribution in [-0.4, -0.2) is 25.7 Å². The molecule has 3 aromatic rings. The van der Waals surface area contributed by atoms with Gasteiger partial charge in [0.2, 0.25) is 5.91 Å². The van der Waals surface area contributed by atoms with Crippen LogP contribution in [0.1, 0.15) is 22.1 Å². The van der Waals surface area contributed by atoms with Gasteiger partial charge in [-0.2, -0.15) is 9.36 Å². The molecule has 126 valence electrons. The Labute approximate surface area is 146 Å². The number of hydrogen-bond acceptors (Lipinski definition) is 4. The highest BCUT2D eigenvalue weighted by atomic mass is 35.5. The molecule has 7 nitrogen and oxygen atoms in total. The lowest BCUT2D eigenvalue weighted by Gasteiger charge is -2.04. The first kappa shape index (κ1) is 16.7. The zero-order valence-corrected chi connectivity index (χ0v) is 13.8. The van der Waals surface area contributed by atoms with E-state index in [1.54, 1.807) is 30.3 Å². The third-order valence-electron chi connectivity index (χ3n) is 3.52. The first-order chi connectivity index (χ1) is 11.9. The van der Waals surface area contributed by atoms with Crippen molar-refractivity contribution in [2.45, 2.75) is 6.92 Å². The second-order valence-corrected chi connectivity index (χ2v) is 5.63. The summed E-state index contributed by atoms with van der Waals surface area (Å²) in [5.41, 5.74) is -1.56. The van der Waals surface area contributed by atoms with Crippen molar-refractivity contribution in [1.29, 1.82) is 0 Å². The highest BCUT2D eigenvalue weighted by Gasteiger charge is 2.25. The largest absolute Gasteiger partial charge is 0.359 e. The van der Waals surface area contributed by atoms with Gasteiger partial charge in [0.25, 0.3) is 5.91 Å². The number of halogens is 1. The van der Waals surface area contributed by atoms with Gasteiger partial charge in [-0.3, -0.25) is 9.59 Å². The van der Waals surface area contributed by atoms with Crippen LogP contribution in [0.3, 0.4) is 0 Å². The van der Waals surface area contributed by atoms with E-state index in [-0.39, 0.29) is 11.3 Å². The normalized spacial score (nSPS) is 10.6. The molecule has 0 saturated carbocycles. The fraction of sp³-hybridized carbons (Fsp3) is 0.0588. The van der Waals surface area contributed by atoms with Crippen molar-refractivity contribution in [3.8, 4) is 5.69 Å². The van der Waals surface area contributed by atoms with Crippen LogP contribution in [0.5, 0.6) is 0 Å². The topological polar surface area (TPSA) is 83.1 Å². The predicted molar refractivity (Wildman–Crippen MR) is 91.8 cm³/mol. The minimum atomic E-state index is -0.948. The molecule has 0 aliphatic heterocycles. The molecular weight excluding hydrogens is 346 g/mol. The summed E-state index contributed by atoms with van der Waals surface area (Å²) in [7, 11) is 0. The fourth-order valence-electron chi connectivity index (χ4n) is 2.43. The van der Waals surface area contributed by atoms with Gasteiger partial charge < -0.3 is 0 Å². The van der Waals surface area contributed by atoms with E-state index >= 15 is 0 Å². The minimum absolute atomic E-state index is 0.164. The molecule has 2 aromatic carbocycles. The Morgan fingerprint density at radius 2 is 1.52 bits per heavy atom. The Kier molecular flexibility index (Phi) is 4.24. The summed E-state index contributed by atoms with van der Waals surface area (Å²) in [4.78, 5) is 49.9. The maximum Gasteiger partial charge on any atom is 0.359 e. The van der Waals surface area contributed by atoms with Crippen LogP contribution in [0, 0.1) is 0 Å². The number of benzene rings is 2. The molecule has 0 saturated heterocycles. The van der Waals surface area contributed by atoms with Gasteiger partial charge in [-0.05, 0) is 30.3 Å². The Hall–Kier alpha value is -3.19. The van der Waals surface area contributed by atoms with Crippen LogP contribution < -0.4 is 11.4 Å². The van der Waals surface area contributed by atoms with Crippen LogP contribution in [-0.2, 0) is 0 Å². The van der Waals surface area contributed by atoms with Gasteiger partial charge in [-0.25, -0.2) is 14.2 Å². The summed E-state index contributed by atoms with van der Waals surface area (Å²) >= 11 is 5.90. The summed E-state index contributed by atoms with van der Waals surface area (Å²) in [6.45, 7) is 1.10. The molecular formula is C17H12ClN3O4. The number of aromatic nitrogens is 3. The quantitative estimate of drug-likeness (QED) is 0.700. The maximum atomic E-state index is 12.7. The SMILES string of the molecule is CC(=O)n1c(=O)n(-c2cccc(Cl)c2)c(=O)n1C(=O)c1ccccc1. The van der Waals surface area contributed by atoms with Crippen LogP contribution in [0.15, 0.2) is 64.2 Å².